The van der Waals surface area contributed by atoms with Crippen LogP contribution in [0.3, 0.4) is 0 Å². The first kappa shape index (κ1) is 12.6. The van der Waals surface area contributed by atoms with E-state index in [-0.39, 0.29) is 11.9 Å². The minimum absolute atomic E-state index is 0.0494. The van der Waals surface area contributed by atoms with Gasteiger partial charge in [-0.25, -0.2) is 0 Å². The molecule has 1 atom stereocenters. The van der Waals surface area contributed by atoms with Gasteiger partial charge in [0.15, 0.2) is 0 Å². The highest BCUT2D eigenvalue weighted by Crippen LogP contribution is 2.32. The predicted octanol–water partition coefficient (Wildman–Crippen LogP) is 0.253. The van der Waals surface area contributed by atoms with Gasteiger partial charge in [-0.05, 0) is 43.0 Å². The Labute approximate surface area is 106 Å². The molecule has 0 aromatic heterocycles. The molecule has 96 valence electrons. The number of carbonyl (C=O) groups is 2. The van der Waals surface area contributed by atoms with Crippen LogP contribution in [0.25, 0.3) is 0 Å². The van der Waals surface area contributed by atoms with Gasteiger partial charge in [-0.1, -0.05) is 0 Å². The number of nitrogens with two attached hydrogens (primary N) is 2. The quantitative estimate of drug-likeness (QED) is 0.695. The van der Waals surface area contributed by atoms with Crippen LogP contribution in [0.15, 0.2) is 24.3 Å². The Morgan fingerprint density at radius 2 is 1.78 bits per heavy atom. The summed E-state index contributed by atoms with van der Waals surface area (Å²) in [4.78, 5) is 22.9. The largest absolute Gasteiger partial charge is 0.366 e. The lowest BCUT2D eigenvalue weighted by atomic mass is 10.1. The van der Waals surface area contributed by atoms with Crippen LogP contribution in [0.4, 0.5) is 0 Å². The number of primary amides is 1. The zero-order valence-corrected chi connectivity index (χ0v) is 10.1. The van der Waals surface area contributed by atoms with Gasteiger partial charge in [-0.2, -0.15) is 0 Å². The van der Waals surface area contributed by atoms with Crippen molar-refractivity contribution >= 4 is 11.8 Å². The zero-order valence-electron chi connectivity index (χ0n) is 10.1. The lowest BCUT2D eigenvalue weighted by molar-refractivity contribution is 0.0931. The van der Waals surface area contributed by atoms with Crippen LogP contribution < -0.4 is 16.8 Å². The summed E-state index contributed by atoms with van der Waals surface area (Å²) in [6.07, 6.45) is 2.26. The average molecular weight is 247 g/mol. The minimum Gasteiger partial charge on any atom is -0.366 e. The number of hydrogen-bond donors (Lipinski definition) is 3. The van der Waals surface area contributed by atoms with E-state index >= 15 is 0 Å². The Hall–Kier alpha value is -1.88. The van der Waals surface area contributed by atoms with Crippen molar-refractivity contribution in [3.8, 4) is 0 Å². The predicted molar refractivity (Wildman–Crippen MR) is 68.0 cm³/mol. The molecule has 0 saturated heterocycles. The fourth-order valence-electron chi connectivity index (χ4n) is 1.91. The Kier molecular flexibility index (Phi) is 3.62. The highest BCUT2D eigenvalue weighted by molar-refractivity contribution is 5.97. The molecule has 0 spiro atoms. The first-order valence-corrected chi connectivity index (χ1v) is 6.02. The maximum Gasteiger partial charge on any atom is 0.251 e. The maximum atomic E-state index is 11.9. The van der Waals surface area contributed by atoms with Crippen LogP contribution in [0.1, 0.15) is 33.6 Å². The summed E-state index contributed by atoms with van der Waals surface area (Å²) in [6, 6.07) is 6.33. The molecule has 0 heterocycles. The maximum absolute atomic E-state index is 11.9. The first-order chi connectivity index (χ1) is 8.61. The number of nitrogens with one attached hydrogen (secondary N) is 1. The molecule has 1 aliphatic rings. The highest BCUT2D eigenvalue weighted by atomic mass is 16.2. The average Bonchev–Trinajstić information content (AvgIpc) is 3.20. The van der Waals surface area contributed by atoms with Gasteiger partial charge in [0.1, 0.15) is 0 Å². The summed E-state index contributed by atoms with van der Waals surface area (Å²) in [5.41, 5.74) is 11.7. The van der Waals surface area contributed by atoms with Gasteiger partial charge in [0, 0.05) is 23.7 Å². The second kappa shape index (κ2) is 5.18. The molecule has 1 saturated carbocycles. The van der Waals surface area contributed by atoms with Crippen LogP contribution in [-0.2, 0) is 0 Å². The van der Waals surface area contributed by atoms with E-state index in [4.69, 9.17) is 11.5 Å². The van der Waals surface area contributed by atoms with Crippen molar-refractivity contribution < 1.29 is 9.59 Å². The van der Waals surface area contributed by atoms with Crippen LogP contribution in [0, 0.1) is 5.92 Å². The number of rotatable bonds is 5. The summed E-state index contributed by atoms with van der Waals surface area (Å²) in [5, 5.41) is 2.91. The lowest BCUT2D eigenvalue weighted by Crippen LogP contribution is -2.41. The van der Waals surface area contributed by atoms with Gasteiger partial charge in [0.2, 0.25) is 5.91 Å². The van der Waals surface area contributed by atoms with E-state index < -0.39 is 5.91 Å². The van der Waals surface area contributed by atoms with E-state index in [1.807, 2.05) is 0 Å². The van der Waals surface area contributed by atoms with Crippen molar-refractivity contribution in [2.75, 3.05) is 6.54 Å². The third-order valence-corrected chi connectivity index (χ3v) is 3.19. The molecular weight excluding hydrogens is 230 g/mol. The van der Waals surface area contributed by atoms with E-state index in [1.54, 1.807) is 24.3 Å². The van der Waals surface area contributed by atoms with Gasteiger partial charge in [0.05, 0.1) is 0 Å². The number of hydrogen-bond acceptors (Lipinski definition) is 3. The smallest absolute Gasteiger partial charge is 0.251 e. The molecule has 1 unspecified atom stereocenters. The second-order valence-electron chi connectivity index (χ2n) is 4.59. The second-order valence-corrected chi connectivity index (χ2v) is 4.59. The zero-order chi connectivity index (χ0) is 13.1. The Balaban J connectivity index is 2.01. The number of carbonyl (C=O) groups excluding carboxylic acids is 2. The van der Waals surface area contributed by atoms with Crippen molar-refractivity contribution in [1.29, 1.82) is 0 Å². The summed E-state index contributed by atoms with van der Waals surface area (Å²) < 4.78 is 0. The van der Waals surface area contributed by atoms with Crippen molar-refractivity contribution in [2.24, 2.45) is 17.4 Å². The SMILES string of the molecule is NCC(NC(=O)c1ccc(C(N)=O)cc1)C1CC1. The normalized spacial score (nSPS) is 16.1. The van der Waals surface area contributed by atoms with Crippen LogP contribution in [0.5, 0.6) is 0 Å². The number of benzene rings is 1. The molecule has 2 rings (SSSR count). The molecular formula is C13H17N3O2. The molecule has 0 aliphatic heterocycles. The summed E-state index contributed by atoms with van der Waals surface area (Å²) in [7, 11) is 0. The third kappa shape index (κ3) is 2.87. The van der Waals surface area contributed by atoms with Crippen LogP contribution in [-0.4, -0.2) is 24.4 Å². The summed E-state index contributed by atoms with van der Waals surface area (Å²) in [6.45, 7) is 0.454. The van der Waals surface area contributed by atoms with Crippen LogP contribution >= 0.6 is 0 Å². The van der Waals surface area contributed by atoms with Crippen LogP contribution in [0.2, 0.25) is 0 Å². The van der Waals surface area contributed by atoms with Crippen molar-refractivity contribution in [2.45, 2.75) is 18.9 Å². The summed E-state index contributed by atoms with van der Waals surface area (Å²) >= 11 is 0. The highest BCUT2D eigenvalue weighted by Gasteiger charge is 2.31. The van der Waals surface area contributed by atoms with E-state index in [9.17, 15) is 9.59 Å². The molecule has 18 heavy (non-hydrogen) atoms. The van der Waals surface area contributed by atoms with Gasteiger partial charge < -0.3 is 16.8 Å². The van der Waals surface area contributed by atoms with Gasteiger partial charge >= 0.3 is 0 Å². The molecule has 0 radical (unpaired) electrons. The Bertz CT molecular complexity index is 452. The standard InChI is InChI=1S/C13H17N3O2/c14-7-11(8-1-2-8)16-13(18)10-5-3-9(4-6-10)12(15)17/h3-6,8,11H,1-2,7,14H2,(H2,15,17)(H,16,18). The monoisotopic (exact) mass is 247 g/mol. The molecule has 2 amide bonds. The third-order valence-electron chi connectivity index (χ3n) is 3.19. The first-order valence-electron chi connectivity index (χ1n) is 6.02. The molecule has 1 aromatic rings. The molecule has 0 bridgehead atoms. The molecule has 1 fully saturated rings. The Morgan fingerprint density at radius 3 is 2.22 bits per heavy atom. The topological polar surface area (TPSA) is 98.2 Å². The Morgan fingerprint density at radius 1 is 1.22 bits per heavy atom. The fourth-order valence-corrected chi connectivity index (χ4v) is 1.91. The summed E-state index contributed by atoms with van der Waals surface area (Å²) in [5.74, 6) is -0.142. The molecule has 5 N–H and O–H groups in total. The van der Waals surface area contributed by atoms with E-state index in [0.717, 1.165) is 12.8 Å². The van der Waals surface area contributed by atoms with Crippen molar-refractivity contribution in [1.82, 2.24) is 5.32 Å². The van der Waals surface area contributed by atoms with Crippen molar-refractivity contribution in [3.63, 3.8) is 0 Å². The number of amides is 2. The van der Waals surface area contributed by atoms with Gasteiger partial charge in [0.25, 0.3) is 5.91 Å². The van der Waals surface area contributed by atoms with Gasteiger partial charge in [-0.15, -0.1) is 0 Å². The van der Waals surface area contributed by atoms with E-state index in [2.05, 4.69) is 5.32 Å². The molecule has 1 aromatic carbocycles. The molecule has 5 heteroatoms. The molecule has 5 nitrogen and oxygen atoms in total. The van der Waals surface area contributed by atoms with Gasteiger partial charge in [-0.3, -0.25) is 9.59 Å². The fraction of sp³-hybridized carbons (Fsp3) is 0.385. The molecule has 1 aliphatic carbocycles. The van der Waals surface area contributed by atoms with E-state index in [1.165, 1.54) is 0 Å². The minimum atomic E-state index is -0.500. The lowest BCUT2D eigenvalue weighted by Gasteiger charge is -2.15. The van der Waals surface area contributed by atoms with Crippen molar-refractivity contribution in [3.05, 3.63) is 35.4 Å². The van der Waals surface area contributed by atoms with E-state index in [0.29, 0.717) is 23.6 Å².